The smallest absolute Gasteiger partial charge is 0.407 e. The number of hydrogen-bond acceptors (Lipinski definition) is 12. The molecule has 300 valence electrons. The summed E-state index contributed by atoms with van der Waals surface area (Å²) in [5.74, 6) is 1.22. The predicted molar refractivity (Wildman–Crippen MR) is 213 cm³/mol. The quantitative estimate of drug-likeness (QED) is 0.118. The number of fused-ring (bicyclic) bond motifs is 2. The number of nitrogens with one attached hydrogen (secondary N) is 5. The van der Waals surface area contributed by atoms with Crippen LogP contribution in [0.15, 0.2) is 46.4 Å². The number of aliphatic imine (C=N–C) groups is 2. The molecule has 1 fully saturated rings. The first-order chi connectivity index (χ1) is 26.9. The molecule has 1 saturated heterocycles. The Bertz CT molecular complexity index is 2000. The predicted octanol–water partition coefficient (Wildman–Crippen LogP) is 3.91. The summed E-state index contributed by atoms with van der Waals surface area (Å²) < 4.78 is 9.40. The van der Waals surface area contributed by atoms with Crippen LogP contribution in [0.3, 0.4) is 0 Å². The van der Waals surface area contributed by atoms with E-state index < -0.39 is 24.3 Å². The van der Waals surface area contributed by atoms with Gasteiger partial charge in [-0.3, -0.25) is 19.6 Å². The number of rotatable bonds is 14. The molecule has 0 saturated carbocycles. The van der Waals surface area contributed by atoms with Crippen molar-refractivity contribution in [2.45, 2.75) is 90.0 Å². The van der Waals surface area contributed by atoms with Gasteiger partial charge in [0.25, 0.3) is 0 Å². The summed E-state index contributed by atoms with van der Waals surface area (Å²) in [4.78, 5) is 71.1. The van der Waals surface area contributed by atoms with Crippen molar-refractivity contribution in [1.29, 1.82) is 0 Å². The number of aromatic nitrogens is 2. The average Bonchev–Trinajstić information content (AvgIpc) is 3.99. The Morgan fingerprint density at radius 1 is 0.786 bits per heavy atom. The van der Waals surface area contributed by atoms with Crippen LogP contribution in [0.25, 0.3) is 22.1 Å². The lowest BCUT2D eigenvalue weighted by atomic mass is 10.0. The number of ether oxygens (including phenoxy) is 2. The first kappa shape index (κ1) is 40.1. The van der Waals surface area contributed by atoms with Gasteiger partial charge < -0.3 is 41.0 Å². The van der Waals surface area contributed by atoms with E-state index in [0.717, 1.165) is 77.0 Å². The molecule has 3 aliphatic heterocycles. The Balaban J connectivity index is 1.01. The lowest BCUT2D eigenvalue weighted by molar-refractivity contribution is -0.134. The van der Waals surface area contributed by atoms with Gasteiger partial charge in [0, 0.05) is 19.5 Å². The molecule has 6 rings (SSSR count). The summed E-state index contributed by atoms with van der Waals surface area (Å²) in [5, 5.41) is 15.3. The summed E-state index contributed by atoms with van der Waals surface area (Å²) in [6.45, 7) is 9.84. The van der Waals surface area contributed by atoms with Gasteiger partial charge in [0.05, 0.1) is 73.3 Å². The molecule has 4 heterocycles. The highest BCUT2D eigenvalue weighted by atomic mass is 16.5. The molecule has 3 aromatic rings. The number of hydrogen-bond donors (Lipinski definition) is 5. The summed E-state index contributed by atoms with van der Waals surface area (Å²) in [7, 11) is 2.57. The van der Waals surface area contributed by atoms with Crippen LogP contribution in [0.4, 0.5) is 9.59 Å². The van der Waals surface area contributed by atoms with Crippen molar-refractivity contribution in [3.8, 4) is 0 Å². The van der Waals surface area contributed by atoms with E-state index in [9.17, 15) is 19.2 Å². The van der Waals surface area contributed by atoms with Crippen molar-refractivity contribution in [1.82, 2.24) is 41.5 Å². The van der Waals surface area contributed by atoms with Crippen molar-refractivity contribution < 1.29 is 28.7 Å². The van der Waals surface area contributed by atoms with Gasteiger partial charge in [-0.25, -0.2) is 19.6 Å². The number of amidine groups is 2. The largest absolute Gasteiger partial charge is 0.453 e. The van der Waals surface area contributed by atoms with Crippen LogP contribution in [0.2, 0.25) is 0 Å². The molecule has 56 heavy (non-hydrogen) atoms. The summed E-state index contributed by atoms with van der Waals surface area (Å²) in [6, 6.07) is 10.7. The van der Waals surface area contributed by atoms with E-state index in [1.807, 2.05) is 44.7 Å². The average molecular weight is 771 g/mol. The Kier molecular flexibility index (Phi) is 12.9. The maximum atomic E-state index is 13.6. The zero-order valence-corrected chi connectivity index (χ0v) is 33.1. The van der Waals surface area contributed by atoms with Crippen LogP contribution in [0.5, 0.6) is 0 Å². The van der Waals surface area contributed by atoms with Crippen LogP contribution in [-0.4, -0.2) is 109 Å². The molecule has 4 amide bonds. The van der Waals surface area contributed by atoms with Crippen molar-refractivity contribution in [2.75, 3.05) is 40.4 Å². The standard InChI is InChI=1S/C40H54N10O6/c1-22(2)34(48-39(53)55-5)37(51)41-16-8-7-11-33-42-20-30(46-33)24-12-14-26-28(18-24)44-27-15-13-25(19-29(27)45-26)31-21-43-36(47-31)32-10-9-17-50(32)38(52)35(23(3)4)49-40(54)56-6/h12-15,18-19,22-23,30-32,34-35H,7-11,16-17,20-21H2,1-6H3,(H,41,51)(H,42,46)(H,43,47)(H,48,53)(H,49,54)/t30?,31?,32-,34-,35-/m0/s1. The van der Waals surface area contributed by atoms with E-state index in [1.165, 1.54) is 14.2 Å². The maximum Gasteiger partial charge on any atom is 0.407 e. The van der Waals surface area contributed by atoms with E-state index >= 15 is 0 Å². The first-order valence-electron chi connectivity index (χ1n) is 19.5. The van der Waals surface area contributed by atoms with E-state index in [2.05, 4.69) is 55.6 Å². The fourth-order valence-electron chi connectivity index (χ4n) is 7.48. The minimum atomic E-state index is -0.681. The Morgan fingerprint density at radius 2 is 1.38 bits per heavy atom. The Morgan fingerprint density at radius 3 is 1.98 bits per heavy atom. The third-order valence-electron chi connectivity index (χ3n) is 10.6. The van der Waals surface area contributed by atoms with Gasteiger partial charge in [-0.2, -0.15) is 0 Å². The van der Waals surface area contributed by atoms with Crippen LogP contribution in [-0.2, 0) is 19.1 Å². The molecule has 16 nitrogen and oxygen atoms in total. The molecule has 2 aromatic carbocycles. The van der Waals surface area contributed by atoms with Gasteiger partial charge in [0.1, 0.15) is 17.9 Å². The molecule has 0 aliphatic carbocycles. The molecule has 2 unspecified atom stereocenters. The minimum Gasteiger partial charge on any atom is -0.453 e. The third kappa shape index (κ3) is 9.28. The molecule has 0 radical (unpaired) electrons. The molecule has 0 spiro atoms. The highest BCUT2D eigenvalue weighted by Crippen LogP contribution is 2.28. The summed E-state index contributed by atoms with van der Waals surface area (Å²) in [5.41, 5.74) is 5.34. The van der Waals surface area contributed by atoms with E-state index in [4.69, 9.17) is 24.7 Å². The number of amides is 4. The highest BCUT2D eigenvalue weighted by Gasteiger charge is 2.39. The summed E-state index contributed by atoms with van der Waals surface area (Å²) >= 11 is 0. The van der Waals surface area contributed by atoms with Gasteiger partial charge in [-0.05, 0) is 72.9 Å². The number of methoxy groups -OCH3 is 2. The molecule has 16 heteroatoms. The second-order valence-corrected chi connectivity index (χ2v) is 15.3. The van der Waals surface area contributed by atoms with Crippen LogP contribution in [0.1, 0.15) is 83.0 Å². The molecule has 1 aromatic heterocycles. The van der Waals surface area contributed by atoms with Crippen molar-refractivity contribution in [3.05, 3.63) is 47.5 Å². The molecular formula is C40H54N10O6. The normalized spacial score (nSPS) is 20.3. The van der Waals surface area contributed by atoms with Gasteiger partial charge in [-0.1, -0.05) is 39.8 Å². The zero-order valence-electron chi connectivity index (χ0n) is 33.1. The topological polar surface area (TPSA) is 201 Å². The van der Waals surface area contributed by atoms with Crippen LogP contribution in [0, 0.1) is 11.8 Å². The van der Waals surface area contributed by atoms with Crippen LogP contribution < -0.4 is 26.6 Å². The minimum absolute atomic E-state index is 0.0410. The van der Waals surface area contributed by atoms with Gasteiger partial charge in [0.2, 0.25) is 11.8 Å². The van der Waals surface area contributed by atoms with Gasteiger partial charge in [-0.15, -0.1) is 0 Å². The van der Waals surface area contributed by atoms with Crippen molar-refractivity contribution >= 4 is 57.7 Å². The van der Waals surface area contributed by atoms with E-state index in [-0.39, 0.29) is 41.8 Å². The highest BCUT2D eigenvalue weighted by molar-refractivity contribution is 5.96. The second-order valence-electron chi connectivity index (χ2n) is 15.3. The number of carbonyl (C=O) groups is 4. The molecule has 5 N–H and O–H groups in total. The fourth-order valence-corrected chi connectivity index (χ4v) is 7.48. The lowest BCUT2D eigenvalue weighted by Gasteiger charge is -2.31. The van der Waals surface area contributed by atoms with Crippen molar-refractivity contribution in [2.24, 2.45) is 21.8 Å². The first-order valence-corrected chi connectivity index (χ1v) is 19.5. The van der Waals surface area contributed by atoms with Gasteiger partial charge in [0.15, 0.2) is 0 Å². The number of alkyl carbamates (subject to hydrolysis) is 2. The SMILES string of the molecule is COC(=O)N[C@H](C(=O)NCCCCC1=NCC(c2ccc3nc4cc(C5CN=C([C@@H]6CCCN6C(=O)[C@@H](NC(=O)OC)C(C)C)N5)ccc4nc3c2)N1)C(C)C. The van der Waals surface area contributed by atoms with Crippen molar-refractivity contribution in [3.63, 3.8) is 0 Å². The number of nitrogens with zero attached hydrogens (tertiary/aromatic N) is 5. The Labute approximate surface area is 327 Å². The Hall–Kier alpha value is -5.54. The number of likely N-dealkylation sites (tertiary alicyclic amines) is 1. The number of benzene rings is 2. The maximum absolute atomic E-state index is 13.6. The monoisotopic (exact) mass is 770 g/mol. The van der Waals surface area contributed by atoms with Crippen LogP contribution >= 0.6 is 0 Å². The number of unbranched alkanes of at least 4 members (excludes halogenated alkanes) is 1. The molecule has 3 aliphatic rings. The summed E-state index contributed by atoms with van der Waals surface area (Å²) in [6.07, 6.45) is 2.82. The fraction of sp³-hybridized carbons (Fsp3) is 0.550. The zero-order chi connectivity index (χ0) is 39.9. The lowest BCUT2D eigenvalue weighted by Crippen LogP contribution is -2.54. The second kappa shape index (κ2) is 17.9. The molecule has 0 bridgehead atoms. The van der Waals surface area contributed by atoms with E-state index in [1.54, 1.807) is 0 Å². The third-order valence-corrected chi connectivity index (χ3v) is 10.6. The van der Waals surface area contributed by atoms with Gasteiger partial charge >= 0.3 is 12.2 Å². The molecule has 5 atom stereocenters. The van der Waals surface area contributed by atoms with E-state index in [0.29, 0.717) is 26.2 Å². The molecular weight excluding hydrogens is 717 g/mol. The number of carbonyl (C=O) groups excluding carboxylic acids is 4.